The number of sulfone groups is 1. The van der Waals surface area contributed by atoms with Gasteiger partial charge in [0, 0.05) is 11.6 Å². The lowest BCUT2D eigenvalue weighted by Crippen LogP contribution is -2.20. The van der Waals surface area contributed by atoms with Crippen LogP contribution < -0.4 is 5.32 Å². The summed E-state index contributed by atoms with van der Waals surface area (Å²) in [4.78, 5) is 12.0. The van der Waals surface area contributed by atoms with Crippen LogP contribution in [0.2, 0.25) is 0 Å². The average molecular weight is 295 g/mol. The molecule has 4 nitrogen and oxygen atoms in total. The molecule has 1 aliphatic carbocycles. The van der Waals surface area contributed by atoms with Gasteiger partial charge in [0.1, 0.15) is 0 Å². The van der Waals surface area contributed by atoms with Crippen LogP contribution in [0.1, 0.15) is 39.5 Å². The summed E-state index contributed by atoms with van der Waals surface area (Å²) in [6.45, 7) is 3.60. The van der Waals surface area contributed by atoms with Gasteiger partial charge in [0.2, 0.25) is 5.91 Å². The van der Waals surface area contributed by atoms with Crippen LogP contribution in [0.3, 0.4) is 0 Å². The Morgan fingerprint density at radius 3 is 2.50 bits per heavy atom. The maximum Gasteiger partial charge on any atom is 0.226 e. The number of carbonyl (C=O) groups is 1. The number of carbonyl (C=O) groups excluding carboxylic acids is 1. The molecule has 1 fully saturated rings. The second kappa shape index (κ2) is 5.95. The van der Waals surface area contributed by atoms with Gasteiger partial charge in [-0.05, 0) is 31.0 Å². The van der Waals surface area contributed by atoms with E-state index in [9.17, 15) is 13.2 Å². The molecule has 0 aliphatic heterocycles. The van der Waals surface area contributed by atoms with Gasteiger partial charge in [-0.3, -0.25) is 4.79 Å². The van der Waals surface area contributed by atoms with Crippen molar-refractivity contribution in [2.24, 2.45) is 5.92 Å². The molecule has 2 rings (SSSR count). The van der Waals surface area contributed by atoms with Crippen molar-refractivity contribution < 1.29 is 13.2 Å². The zero-order chi connectivity index (χ0) is 14.8. The number of hydrogen-bond acceptors (Lipinski definition) is 3. The van der Waals surface area contributed by atoms with Crippen molar-refractivity contribution in [2.75, 3.05) is 5.32 Å². The van der Waals surface area contributed by atoms with Crippen molar-refractivity contribution in [2.45, 2.75) is 49.7 Å². The number of rotatable bonds is 4. The normalized spacial score (nSPS) is 16.6. The van der Waals surface area contributed by atoms with E-state index in [0.717, 1.165) is 25.7 Å². The van der Waals surface area contributed by atoms with Crippen LogP contribution in [0.4, 0.5) is 5.69 Å². The van der Waals surface area contributed by atoms with E-state index in [1.165, 1.54) is 0 Å². The topological polar surface area (TPSA) is 63.2 Å². The average Bonchev–Trinajstić information content (AvgIpc) is 2.93. The van der Waals surface area contributed by atoms with Crippen molar-refractivity contribution in [1.29, 1.82) is 0 Å². The molecule has 0 atom stereocenters. The Balaban J connectivity index is 2.23. The summed E-state index contributed by atoms with van der Waals surface area (Å²) < 4.78 is 25.0. The molecule has 0 saturated heterocycles. The lowest BCUT2D eigenvalue weighted by Gasteiger charge is -2.13. The molecule has 1 N–H and O–H groups in total. The minimum absolute atomic E-state index is 0.111. The first kappa shape index (κ1) is 15.0. The molecule has 0 heterocycles. The fourth-order valence-corrected chi connectivity index (χ4v) is 4.33. The van der Waals surface area contributed by atoms with Crippen molar-refractivity contribution in [3.63, 3.8) is 0 Å². The third-order valence-corrected chi connectivity index (χ3v) is 5.96. The van der Waals surface area contributed by atoms with E-state index in [2.05, 4.69) is 5.32 Å². The molecule has 1 saturated carbocycles. The Hall–Kier alpha value is -1.36. The van der Waals surface area contributed by atoms with Crippen LogP contribution in [0.15, 0.2) is 29.2 Å². The highest BCUT2D eigenvalue weighted by molar-refractivity contribution is 7.92. The van der Waals surface area contributed by atoms with Crippen LogP contribution in [-0.2, 0) is 14.6 Å². The molecule has 1 aromatic carbocycles. The largest absolute Gasteiger partial charge is 0.326 e. The molecule has 0 radical (unpaired) electrons. The highest BCUT2D eigenvalue weighted by Crippen LogP contribution is 2.30. The first-order valence-electron chi connectivity index (χ1n) is 7.06. The quantitative estimate of drug-likeness (QED) is 0.928. The minimum atomic E-state index is -3.27. The van der Waals surface area contributed by atoms with Gasteiger partial charge >= 0.3 is 0 Å². The van der Waals surface area contributed by atoms with Gasteiger partial charge in [0.15, 0.2) is 9.84 Å². The SMILES string of the molecule is CC(C)C(=O)Nc1cccc(S(=O)(=O)C2CCCC2)c1. The van der Waals surface area contributed by atoms with Gasteiger partial charge in [0.05, 0.1) is 10.1 Å². The fraction of sp³-hybridized carbons (Fsp3) is 0.533. The third kappa shape index (κ3) is 3.20. The van der Waals surface area contributed by atoms with Crippen LogP contribution in [0.5, 0.6) is 0 Å². The van der Waals surface area contributed by atoms with Crippen LogP contribution in [0, 0.1) is 5.92 Å². The summed E-state index contributed by atoms with van der Waals surface area (Å²) in [5.41, 5.74) is 0.544. The first-order valence-corrected chi connectivity index (χ1v) is 8.60. The summed E-state index contributed by atoms with van der Waals surface area (Å²) in [6.07, 6.45) is 3.44. The maximum atomic E-state index is 12.5. The van der Waals surface area contributed by atoms with E-state index in [1.54, 1.807) is 38.1 Å². The molecule has 5 heteroatoms. The van der Waals surface area contributed by atoms with Gasteiger partial charge in [-0.25, -0.2) is 8.42 Å². The fourth-order valence-electron chi connectivity index (χ4n) is 2.43. The zero-order valence-electron chi connectivity index (χ0n) is 11.9. The molecule has 0 aromatic heterocycles. The van der Waals surface area contributed by atoms with E-state index in [4.69, 9.17) is 0 Å². The monoisotopic (exact) mass is 295 g/mol. The predicted octanol–water partition coefficient (Wildman–Crippen LogP) is 3.00. The smallest absolute Gasteiger partial charge is 0.226 e. The lowest BCUT2D eigenvalue weighted by atomic mass is 10.2. The standard InChI is InChI=1S/C15H21NO3S/c1-11(2)15(17)16-12-6-5-9-14(10-12)20(18,19)13-7-3-4-8-13/h5-6,9-11,13H,3-4,7-8H2,1-2H3,(H,16,17). The lowest BCUT2D eigenvalue weighted by molar-refractivity contribution is -0.118. The molecular formula is C15H21NO3S. The summed E-state index contributed by atoms with van der Waals surface area (Å²) in [6, 6.07) is 6.57. The van der Waals surface area contributed by atoms with Crippen LogP contribution in [-0.4, -0.2) is 19.6 Å². The van der Waals surface area contributed by atoms with Crippen LogP contribution in [0.25, 0.3) is 0 Å². The van der Waals surface area contributed by atoms with E-state index in [-0.39, 0.29) is 17.1 Å². The number of anilines is 1. The Kier molecular flexibility index (Phi) is 4.48. The number of amides is 1. The highest BCUT2D eigenvalue weighted by Gasteiger charge is 2.30. The Labute approximate surface area is 120 Å². The number of benzene rings is 1. The molecule has 20 heavy (non-hydrogen) atoms. The maximum absolute atomic E-state index is 12.5. The van der Waals surface area contributed by atoms with Crippen molar-refractivity contribution in [1.82, 2.24) is 0 Å². The molecule has 1 aliphatic rings. The molecule has 110 valence electrons. The van der Waals surface area contributed by atoms with Crippen molar-refractivity contribution in [3.8, 4) is 0 Å². The van der Waals surface area contributed by atoms with E-state index in [0.29, 0.717) is 10.6 Å². The van der Waals surface area contributed by atoms with Gasteiger partial charge in [-0.15, -0.1) is 0 Å². The molecule has 0 spiro atoms. The zero-order valence-corrected chi connectivity index (χ0v) is 12.7. The van der Waals surface area contributed by atoms with E-state index >= 15 is 0 Å². The Morgan fingerprint density at radius 2 is 1.90 bits per heavy atom. The van der Waals surface area contributed by atoms with Crippen molar-refractivity contribution in [3.05, 3.63) is 24.3 Å². The summed E-state index contributed by atoms with van der Waals surface area (Å²) in [5, 5.41) is 2.48. The Morgan fingerprint density at radius 1 is 1.25 bits per heavy atom. The molecule has 0 bridgehead atoms. The first-order chi connectivity index (χ1) is 9.41. The molecule has 1 amide bonds. The van der Waals surface area contributed by atoms with Gasteiger partial charge < -0.3 is 5.32 Å². The Bertz CT molecular complexity index is 587. The molecular weight excluding hydrogens is 274 g/mol. The summed E-state index contributed by atoms with van der Waals surface area (Å²) >= 11 is 0. The number of hydrogen-bond donors (Lipinski definition) is 1. The number of nitrogens with one attached hydrogen (secondary N) is 1. The second-order valence-electron chi connectivity index (χ2n) is 5.62. The van der Waals surface area contributed by atoms with E-state index < -0.39 is 9.84 Å². The van der Waals surface area contributed by atoms with Gasteiger partial charge in [0.25, 0.3) is 0 Å². The third-order valence-electron chi connectivity index (χ3n) is 3.70. The molecule has 1 aromatic rings. The van der Waals surface area contributed by atoms with Gasteiger partial charge in [-0.1, -0.05) is 32.8 Å². The summed E-state index contributed by atoms with van der Waals surface area (Å²) in [5.74, 6) is -0.245. The van der Waals surface area contributed by atoms with Crippen molar-refractivity contribution >= 4 is 21.4 Å². The van der Waals surface area contributed by atoms with Gasteiger partial charge in [-0.2, -0.15) is 0 Å². The highest BCUT2D eigenvalue weighted by atomic mass is 32.2. The second-order valence-corrected chi connectivity index (χ2v) is 7.85. The molecule has 0 unspecified atom stereocenters. The minimum Gasteiger partial charge on any atom is -0.326 e. The predicted molar refractivity (Wildman–Crippen MR) is 79.4 cm³/mol. The van der Waals surface area contributed by atoms with Crippen LogP contribution >= 0.6 is 0 Å². The van der Waals surface area contributed by atoms with E-state index in [1.807, 2.05) is 0 Å². The summed E-state index contributed by atoms with van der Waals surface area (Å²) in [7, 11) is -3.27.